The number of rotatable bonds is 14. The molecule has 3 atom stereocenters. The van der Waals surface area contributed by atoms with Gasteiger partial charge < -0.3 is 34.8 Å². The third-order valence-corrected chi connectivity index (χ3v) is 8.94. The summed E-state index contributed by atoms with van der Waals surface area (Å²) in [5.74, 6) is -1.74. The largest absolute Gasteiger partial charge is 0.380 e. The van der Waals surface area contributed by atoms with Crippen LogP contribution in [0.1, 0.15) is 78.5 Å². The minimum atomic E-state index is -0.880. The zero-order valence-corrected chi connectivity index (χ0v) is 26.3. The van der Waals surface area contributed by atoms with Gasteiger partial charge in [-0.05, 0) is 60.9 Å². The predicted molar refractivity (Wildman–Crippen MR) is 166 cm³/mol. The Morgan fingerprint density at radius 3 is 2.65 bits per heavy atom. The van der Waals surface area contributed by atoms with Crippen LogP contribution in [0.5, 0.6) is 0 Å². The molecule has 0 bridgehead atoms. The minimum absolute atomic E-state index is 0.0388. The Balaban J connectivity index is 1.57. The summed E-state index contributed by atoms with van der Waals surface area (Å²) in [5.41, 5.74) is 5.03. The van der Waals surface area contributed by atoms with Gasteiger partial charge in [0.25, 0.3) is 5.56 Å². The number of amides is 3. The number of ether oxygens (including phenoxy) is 2. The van der Waals surface area contributed by atoms with Crippen molar-refractivity contribution in [1.82, 2.24) is 25.5 Å². The van der Waals surface area contributed by atoms with Crippen LogP contribution in [0.25, 0.3) is 22.3 Å². The van der Waals surface area contributed by atoms with Gasteiger partial charge in [0, 0.05) is 35.6 Å². The molecule has 0 radical (unpaired) electrons. The summed E-state index contributed by atoms with van der Waals surface area (Å²) in [7, 11) is 1.49. The van der Waals surface area contributed by atoms with E-state index >= 15 is 4.39 Å². The van der Waals surface area contributed by atoms with Crippen molar-refractivity contribution < 1.29 is 33.0 Å². The van der Waals surface area contributed by atoms with Crippen molar-refractivity contribution in [3.05, 3.63) is 61.7 Å². The minimum Gasteiger partial charge on any atom is -0.380 e. The second-order valence-corrected chi connectivity index (χ2v) is 11.6. The first kappa shape index (κ1) is 32.9. The molecule has 1 aromatic carbocycles. The molecule has 1 aliphatic heterocycles. The number of methoxy groups -OCH3 is 1. The van der Waals surface area contributed by atoms with Gasteiger partial charge in [-0.2, -0.15) is 0 Å². The van der Waals surface area contributed by atoms with Crippen LogP contribution in [0, 0.1) is 12.7 Å². The lowest BCUT2D eigenvalue weighted by atomic mass is 9.81. The molecule has 3 aromatic rings. The van der Waals surface area contributed by atoms with Gasteiger partial charge >= 0.3 is 0 Å². The number of aryl methyl sites for hydroxylation is 1. The second kappa shape index (κ2) is 13.9. The van der Waals surface area contributed by atoms with Crippen molar-refractivity contribution in [2.24, 2.45) is 0 Å². The average Bonchev–Trinajstić information content (AvgIpc) is 3.41. The number of carbonyl (C=O) groups excluding carboxylic acids is 4. The van der Waals surface area contributed by atoms with E-state index in [9.17, 15) is 24.0 Å². The number of pyridine rings is 2. The van der Waals surface area contributed by atoms with Crippen molar-refractivity contribution in [1.29, 1.82) is 0 Å². The highest BCUT2D eigenvalue weighted by molar-refractivity contribution is 5.94. The molecular formula is C33H38FN5O7. The number of hydrogen-bond acceptors (Lipinski definition) is 8. The van der Waals surface area contributed by atoms with Crippen LogP contribution < -0.4 is 21.5 Å². The number of halogens is 1. The zero-order valence-electron chi connectivity index (χ0n) is 26.3. The Labute approximate surface area is 265 Å². The molecule has 0 fully saturated rings. The standard InChI is InChI=1S/C33H38FN5O7/c1-5-18(13-40)20-9-26-31-21(12-39(26)33(44)22(20)14-45-4)30-24(8-7-19-17(3)23(34)10-25(37-31)29(19)30)38-32(43)27(6-2)46-16-36-28(42)11-35-15-41/h9-10,13,15,18,24,27H,5-8,11-12,14,16H2,1-4H3,(H,35,41)(H,36,42)(H,38,43)/t18-,24-,27?/m0/s1. The van der Waals surface area contributed by atoms with Crippen molar-refractivity contribution >= 4 is 35.4 Å². The van der Waals surface area contributed by atoms with Crippen molar-refractivity contribution in [3.8, 4) is 11.4 Å². The molecule has 0 saturated carbocycles. The number of benzene rings is 1. The number of carbonyl (C=O) groups is 4. The molecule has 3 amide bonds. The Kier molecular flexibility index (Phi) is 9.92. The highest BCUT2D eigenvalue weighted by atomic mass is 19.1. The number of nitrogens with one attached hydrogen (secondary N) is 3. The maximum absolute atomic E-state index is 15.2. The Hall–Kier alpha value is -4.49. The Bertz CT molecular complexity index is 1770. The monoisotopic (exact) mass is 635 g/mol. The van der Waals surface area contributed by atoms with Gasteiger partial charge in [0.15, 0.2) is 0 Å². The van der Waals surface area contributed by atoms with Crippen molar-refractivity contribution in [2.45, 2.75) is 77.7 Å². The maximum Gasteiger partial charge on any atom is 0.257 e. The molecule has 0 spiro atoms. The summed E-state index contributed by atoms with van der Waals surface area (Å²) in [6.45, 7) is 5.17. The highest BCUT2D eigenvalue weighted by Crippen LogP contribution is 2.45. The molecule has 1 unspecified atom stereocenters. The summed E-state index contributed by atoms with van der Waals surface area (Å²) >= 11 is 0. The van der Waals surface area contributed by atoms with Gasteiger partial charge in [-0.3, -0.25) is 19.2 Å². The van der Waals surface area contributed by atoms with E-state index in [1.165, 1.54) is 13.2 Å². The van der Waals surface area contributed by atoms with Crippen LogP contribution in [0.4, 0.5) is 4.39 Å². The number of aromatic nitrogens is 2. The fourth-order valence-electron chi connectivity index (χ4n) is 6.58. The van der Waals surface area contributed by atoms with Gasteiger partial charge in [0.1, 0.15) is 24.9 Å². The van der Waals surface area contributed by atoms with E-state index in [-0.39, 0.29) is 43.7 Å². The summed E-state index contributed by atoms with van der Waals surface area (Å²) in [5, 5.41) is 8.63. The molecule has 1 aliphatic carbocycles. The summed E-state index contributed by atoms with van der Waals surface area (Å²) < 4.78 is 27.8. The molecule has 2 aliphatic rings. The second-order valence-electron chi connectivity index (χ2n) is 11.6. The lowest BCUT2D eigenvalue weighted by Crippen LogP contribution is -2.42. The first-order valence-corrected chi connectivity index (χ1v) is 15.4. The van der Waals surface area contributed by atoms with Crippen molar-refractivity contribution in [3.63, 3.8) is 0 Å². The first-order chi connectivity index (χ1) is 22.2. The molecule has 5 rings (SSSR count). The molecule has 244 valence electrons. The fourth-order valence-corrected chi connectivity index (χ4v) is 6.58. The molecule has 12 nitrogen and oxygen atoms in total. The van der Waals surface area contributed by atoms with Gasteiger partial charge in [-0.25, -0.2) is 9.37 Å². The molecule has 2 aromatic heterocycles. The smallest absolute Gasteiger partial charge is 0.257 e. The summed E-state index contributed by atoms with van der Waals surface area (Å²) in [6, 6.07) is 2.72. The summed E-state index contributed by atoms with van der Waals surface area (Å²) in [4.78, 5) is 66.6. The normalized spacial score (nSPS) is 15.9. The molecule has 13 heteroatoms. The van der Waals surface area contributed by atoms with Gasteiger partial charge in [-0.1, -0.05) is 13.8 Å². The van der Waals surface area contributed by atoms with E-state index in [0.717, 1.165) is 28.4 Å². The molecule has 0 saturated heterocycles. The van der Waals surface area contributed by atoms with E-state index in [0.29, 0.717) is 65.7 Å². The zero-order chi connectivity index (χ0) is 33.1. The van der Waals surface area contributed by atoms with Gasteiger partial charge in [-0.15, -0.1) is 0 Å². The Morgan fingerprint density at radius 1 is 1.20 bits per heavy atom. The summed E-state index contributed by atoms with van der Waals surface area (Å²) in [6.07, 6.45) is 2.16. The molecule has 3 heterocycles. The number of aldehydes is 1. The van der Waals surface area contributed by atoms with Crippen LogP contribution >= 0.6 is 0 Å². The Morgan fingerprint density at radius 2 is 1.98 bits per heavy atom. The molecule has 3 N–H and O–H groups in total. The van der Waals surface area contributed by atoms with Gasteiger partial charge in [0.2, 0.25) is 18.2 Å². The van der Waals surface area contributed by atoms with Crippen molar-refractivity contribution in [2.75, 3.05) is 20.4 Å². The van der Waals surface area contributed by atoms with Crippen LogP contribution in [-0.2, 0) is 48.2 Å². The SMILES string of the molecule is CCC(OCNC(=O)CNC=O)C(=O)N[C@H]1CCc2c(C)c(F)cc3nc4c(c1c23)Cn1c-4cc([C@H](C=O)CC)c(COC)c1=O. The first-order valence-electron chi connectivity index (χ1n) is 15.4. The predicted octanol–water partition coefficient (Wildman–Crippen LogP) is 2.43. The fraction of sp³-hybridized carbons (Fsp3) is 0.455. The number of hydrogen-bond donors (Lipinski definition) is 3. The van der Waals surface area contributed by atoms with E-state index in [4.69, 9.17) is 14.5 Å². The number of fused-ring (bicyclic) bond motifs is 4. The number of nitrogens with zero attached hydrogens (tertiary/aromatic N) is 2. The van der Waals surface area contributed by atoms with E-state index < -0.39 is 24.0 Å². The molecule has 46 heavy (non-hydrogen) atoms. The average molecular weight is 636 g/mol. The third kappa shape index (κ3) is 5.92. The van der Waals surface area contributed by atoms with Crippen LogP contribution in [-0.4, -0.2) is 60.6 Å². The van der Waals surface area contributed by atoms with Crippen LogP contribution in [0.2, 0.25) is 0 Å². The van der Waals surface area contributed by atoms with E-state index in [1.54, 1.807) is 18.4 Å². The molecular weight excluding hydrogens is 597 g/mol. The lowest BCUT2D eigenvalue weighted by molar-refractivity contribution is -0.136. The maximum atomic E-state index is 15.2. The van der Waals surface area contributed by atoms with Crippen LogP contribution in [0.3, 0.4) is 0 Å². The van der Waals surface area contributed by atoms with E-state index in [1.807, 2.05) is 13.0 Å². The lowest BCUT2D eigenvalue weighted by Gasteiger charge is -2.30. The topological polar surface area (TPSA) is 158 Å². The quantitative estimate of drug-likeness (QED) is 0.141. The van der Waals surface area contributed by atoms with Gasteiger partial charge in [0.05, 0.1) is 42.6 Å². The third-order valence-electron chi connectivity index (χ3n) is 8.94. The highest BCUT2D eigenvalue weighted by Gasteiger charge is 2.36. The van der Waals surface area contributed by atoms with E-state index in [2.05, 4.69) is 16.0 Å². The van der Waals surface area contributed by atoms with Crippen LogP contribution in [0.15, 0.2) is 16.9 Å².